The number of fused-ring (bicyclic) bond motifs is 3. The van der Waals surface area contributed by atoms with Crippen LogP contribution in [0.2, 0.25) is 0 Å². The molecule has 6 heteroatoms. The minimum absolute atomic E-state index is 0.000347. The molecular formula is C9H8F4N2. The number of H-pyrrole nitrogens is 1. The summed E-state index contributed by atoms with van der Waals surface area (Å²) in [5.74, 6) is -3.20. The van der Waals surface area contributed by atoms with Gasteiger partial charge in [-0.1, -0.05) is 0 Å². The summed E-state index contributed by atoms with van der Waals surface area (Å²) < 4.78 is 52.0. The van der Waals surface area contributed by atoms with Crippen LogP contribution in [0, 0.1) is 5.92 Å². The summed E-state index contributed by atoms with van der Waals surface area (Å²) in [6.45, 7) is 0. The molecule has 0 spiro atoms. The minimum Gasteiger partial charge on any atom is -0.281 e. The quantitative estimate of drug-likeness (QED) is 0.724. The van der Waals surface area contributed by atoms with E-state index >= 15 is 0 Å². The highest BCUT2D eigenvalue weighted by Gasteiger charge is 2.56. The van der Waals surface area contributed by atoms with Crippen LogP contribution in [0.3, 0.4) is 0 Å². The Morgan fingerprint density at radius 1 is 1.40 bits per heavy atom. The van der Waals surface area contributed by atoms with Gasteiger partial charge in [0.05, 0.1) is 5.56 Å². The number of hydrogen-bond acceptors (Lipinski definition) is 1. The molecule has 0 aromatic carbocycles. The molecule has 2 unspecified atom stereocenters. The number of aromatic nitrogens is 2. The first kappa shape index (κ1) is 9.18. The molecule has 0 amide bonds. The number of rotatable bonds is 1. The van der Waals surface area contributed by atoms with Crippen LogP contribution >= 0.6 is 0 Å². The highest BCUT2D eigenvalue weighted by Crippen LogP contribution is 2.61. The zero-order valence-corrected chi connectivity index (χ0v) is 7.61. The normalized spacial score (nSPS) is 31.3. The van der Waals surface area contributed by atoms with Crippen LogP contribution in [0.1, 0.15) is 42.1 Å². The molecular weight excluding hydrogens is 212 g/mol. The molecule has 0 aliphatic heterocycles. The van der Waals surface area contributed by atoms with Gasteiger partial charge in [-0.2, -0.15) is 5.10 Å². The Kier molecular flexibility index (Phi) is 1.55. The largest absolute Gasteiger partial charge is 0.282 e. The van der Waals surface area contributed by atoms with Gasteiger partial charge in [-0.3, -0.25) is 5.10 Å². The monoisotopic (exact) mass is 220 g/mol. The van der Waals surface area contributed by atoms with Crippen LogP contribution in [0.5, 0.6) is 0 Å². The third kappa shape index (κ3) is 1.13. The Labute approximate surface area is 82.7 Å². The summed E-state index contributed by atoms with van der Waals surface area (Å²) in [4.78, 5) is 0. The molecule has 82 valence electrons. The molecule has 2 aliphatic carbocycles. The van der Waals surface area contributed by atoms with Crippen molar-refractivity contribution in [2.45, 2.75) is 31.1 Å². The second kappa shape index (κ2) is 2.54. The average molecular weight is 220 g/mol. The Morgan fingerprint density at radius 2 is 2.13 bits per heavy atom. The summed E-state index contributed by atoms with van der Waals surface area (Å²) in [6.07, 6.45) is -2.59. The second-order valence-corrected chi connectivity index (χ2v) is 4.21. The third-order valence-electron chi connectivity index (χ3n) is 3.21. The molecule has 3 rings (SSSR count). The van der Waals surface area contributed by atoms with Gasteiger partial charge in [-0.25, -0.2) is 17.6 Å². The SMILES string of the molecule is FC(F)c1n[nH]c2c1C(F)(F)CC1CC21. The van der Waals surface area contributed by atoms with Crippen molar-refractivity contribution in [1.82, 2.24) is 10.2 Å². The Hall–Kier alpha value is -1.07. The molecule has 2 atom stereocenters. The van der Waals surface area contributed by atoms with Gasteiger partial charge >= 0.3 is 0 Å². The first-order valence-electron chi connectivity index (χ1n) is 4.75. The fraction of sp³-hybridized carbons (Fsp3) is 0.667. The average Bonchev–Trinajstić information content (AvgIpc) is 2.74. The van der Waals surface area contributed by atoms with Crippen LogP contribution in [0.25, 0.3) is 0 Å². The smallest absolute Gasteiger partial charge is 0.281 e. The van der Waals surface area contributed by atoms with E-state index in [0.29, 0.717) is 6.42 Å². The lowest BCUT2D eigenvalue weighted by molar-refractivity contribution is -0.0285. The van der Waals surface area contributed by atoms with Crippen LogP contribution < -0.4 is 0 Å². The molecule has 0 bridgehead atoms. The molecule has 2 nitrogen and oxygen atoms in total. The predicted octanol–water partition coefficient (Wildman–Crippen LogP) is 2.95. The molecule has 15 heavy (non-hydrogen) atoms. The van der Waals surface area contributed by atoms with E-state index in [2.05, 4.69) is 10.2 Å². The van der Waals surface area contributed by atoms with Crippen molar-refractivity contribution in [3.63, 3.8) is 0 Å². The fourth-order valence-electron chi connectivity index (χ4n) is 2.44. The molecule has 1 fully saturated rings. The maximum Gasteiger partial charge on any atom is 0.282 e. The topological polar surface area (TPSA) is 28.7 Å². The second-order valence-electron chi connectivity index (χ2n) is 4.21. The van der Waals surface area contributed by atoms with Gasteiger partial charge < -0.3 is 0 Å². The van der Waals surface area contributed by atoms with Crippen molar-refractivity contribution in [3.8, 4) is 0 Å². The zero-order valence-electron chi connectivity index (χ0n) is 7.61. The molecule has 1 saturated carbocycles. The lowest BCUT2D eigenvalue weighted by Gasteiger charge is -2.21. The lowest BCUT2D eigenvalue weighted by atomic mass is 9.92. The maximum atomic E-state index is 13.5. The van der Waals surface area contributed by atoms with Gasteiger partial charge in [0.15, 0.2) is 0 Å². The Morgan fingerprint density at radius 3 is 2.80 bits per heavy atom. The first-order chi connectivity index (χ1) is 7.00. The van der Waals surface area contributed by atoms with E-state index in [1.165, 1.54) is 0 Å². The summed E-state index contributed by atoms with van der Waals surface area (Å²) >= 11 is 0. The van der Waals surface area contributed by atoms with E-state index in [4.69, 9.17) is 0 Å². The van der Waals surface area contributed by atoms with Crippen molar-refractivity contribution in [1.29, 1.82) is 0 Å². The van der Waals surface area contributed by atoms with Crippen molar-refractivity contribution in [2.75, 3.05) is 0 Å². The molecule has 1 aromatic heterocycles. The summed E-state index contributed by atoms with van der Waals surface area (Å²) in [5.41, 5.74) is -1.09. The molecule has 0 saturated heterocycles. The molecule has 1 heterocycles. The van der Waals surface area contributed by atoms with Crippen molar-refractivity contribution < 1.29 is 17.6 Å². The standard InChI is InChI=1S/C9H8F4N2/c10-8(11)7-5-6(14-15-7)4-1-3(4)2-9(5,12)13/h3-4,8H,1-2H2,(H,14,15). The molecule has 0 radical (unpaired) electrons. The zero-order chi connectivity index (χ0) is 10.8. The first-order valence-corrected chi connectivity index (χ1v) is 4.75. The van der Waals surface area contributed by atoms with E-state index in [0.717, 1.165) is 0 Å². The highest BCUT2D eigenvalue weighted by molar-refractivity contribution is 5.39. The molecule has 1 aromatic rings. The van der Waals surface area contributed by atoms with E-state index in [9.17, 15) is 17.6 Å². The number of aromatic amines is 1. The lowest BCUT2D eigenvalue weighted by Crippen LogP contribution is -2.21. The summed E-state index contributed by atoms with van der Waals surface area (Å²) in [5, 5.41) is 5.66. The van der Waals surface area contributed by atoms with Gasteiger partial charge in [0.25, 0.3) is 12.3 Å². The number of hydrogen-bond donors (Lipinski definition) is 1. The molecule has 2 aliphatic rings. The van der Waals surface area contributed by atoms with E-state index in [-0.39, 0.29) is 24.0 Å². The van der Waals surface area contributed by atoms with Crippen LogP contribution in [0.4, 0.5) is 17.6 Å². The number of halogens is 4. The van der Waals surface area contributed by atoms with Gasteiger partial charge in [0.2, 0.25) is 0 Å². The number of alkyl halides is 4. The fourth-order valence-corrected chi connectivity index (χ4v) is 2.44. The Bertz CT molecular complexity index is 399. The van der Waals surface area contributed by atoms with Crippen molar-refractivity contribution >= 4 is 0 Å². The van der Waals surface area contributed by atoms with Gasteiger partial charge in [0.1, 0.15) is 5.69 Å². The van der Waals surface area contributed by atoms with Crippen molar-refractivity contribution in [3.05, 3.63) is 17.0 Å². The highest BCUT2D eigenvalue weighted by atomic mass is 19.3. The van der Waals surface area contributed by atoms with Crippen LogP contribution in [-0.2, 0) is 5.92 Å². The van der Waals surface area contributed by atoms with Crippen LogP contribution in [0.15, 0.2) is 0 Å². The predicted molar refractivity (Wildman–Crippen MR) is 42.9 cm³/mol. The van der Waals surface area contributed by atoms with Gasteiger partial charge in [-0.15, -0.1) is 0 Å². The number of nitrogens with one attached hydrogen (secondary N) is 1. The van der Waals surface area contributed by atoms with Gasteiger partial charge in [0, 0.05) is 18.0 Å². The van der Waals surface area contributed by atoms with Gasteiger partial charge in [-0.05, 0) is 12.3 Å². The summed E-state index contributed by atoms with van der Waals surface area (Å²) in [7, 11) is 0. The van der Waals surface area contributed by atoms with Crippen molar-refractivity contribution in [2.24, 2.45) is 5.92 Å². The van der Waals surface area contributed by atoms with E-state index in [1.54, 1.807) is 0 Å². The Balaban J connectivity index is 2.16. The van der Waals surface area contributed by atoms with Crippen LogP contribution in [-0.4, -0.2) is 10.2 Å². The van der Waals surface area contributed by atoms with E-state index < -0.39 is 23.6 Å². The van der Waals surface area contributed by atoms with E-state index in [1.807, 2.05) is 0 Å². The number of nitrogens with zero attached hydrogens (tertiary/aromatic N) is 1. The summed E-state index contributed by atoms with van der Waals surface area (Å²) in [6, 6.07) is 0. The minimum atomic E-state index is -3.15. The third-order valence-corrected chi connectivity index (χ3v) is 3.21. The maximum absolute atomic E-state index is 13.5. The molecule has 1 N–H and O–H groups in total.